The van der Waals surface area contributed by atoms with E-state index in [1.807, 2.05) is 0 Å². The van der Waals surface area contributed by atoms with Crippen LogP contribution in [0.5, 0.6) is 0 Å². The Morgan fingerprint density at radius 1 is 0.215 bits per heavy atom. The summed E-state index contributed by atoms with van der Waals surface area (Å²) < 4.78 is 0. The lowest BCUT2D eigenvalue weighted by atomic mass is 9.79. The molecule has 0 fully saturated rings. The van der Waals surface area contributed by atoms with Crippen LogP contribution in [0.15, 0.2) is 255 Å². The van der Waals surface area contributed by atoms with Gasteiger partial charge in [-0.3, -0.25) is 0 Å². The highest BCUT2D eigenvalue weighted by Crippen LogP contribution is 2.56. The van der Waals surface area contributed by atoms with Gasteiger partial charge < -0.3 is 9.80 Å². The average Bonchev–Trinajstić information content (AvgIpc) is 4.23. The minimum absolute atomic E-state index is 0.156. The topological polar surface area (TPSA) is 6.48 Å². The first-order valence-corrected chi connectivity index (χ1v) is 28.0. The molecule has 0 unspecified atom stereocenters. The van der Waals surface area contributed by atoms with Crippen molar-refractivity contribution in [3.8, 4) is 55.6 Å². The first kappa shape index (κ1) is 47.0. The van der Waals surface area contributed by atoms with E-state index in [1.54, 1.807) is 0 Å². The molecule has 3 aliphatic carbocycles. The third-order valence-corrected chi connectivity index (χ3v) is 18.2. The van der Waals surface area contributed by atoms with Crippen LogP contribution in [-0.2, 0) is 16.2 Å². The highest BCUT2D eigenvalue weighted by Gasteiger charge is 2.39. The maximum Gasteiger partial charge on any atom is 0.0468 e. The number of para-hydroxylation sites is 3. The zero-order valence-electron chi connectivity index (χ0n) is 45.6. The maximum atomic E-state index is 2.52. The predicted molar refractivity (Wildman–Crippen MR) is 334 cm³/mol. The Morgan fingerprint density at radius 2 is 0.506 bits per heavy atom. The number of hydrogen-bond acceptors (Lipinski definition) is 2. The lowest BCUT2D eigenvalue weighted by Crippen LogP contribution is -2.16. The molecular weight excluding hydrogens is 953 g/mol. The van der Waals surface area contributed by atoms with Crippen molar-refractivity contribution in [2.75, 3.05) is 9.80 Å². The number of nitrogens with zero attached hydrogens (tertiary/aromatic N) is 2. The predicted octanol–water partition coefficient (Wildman–Crippen LogP) is 21.2. The van der Waals surface area contributed by atoms with E-state index in [1.165, 1.54) is 111 Å². The summed E-state index contributed by atoms with van der Waals surface area (Å²) in [7, 11) is 0. The first-order valence-electron chi connectivity index (χ1n) is 28.0. The summed E-state index contributed by atoms with van der Waals surface area (Å²) in [6.07, 6.45) is 0. The Kier molecular flexibility index (Phi) is 10.3. The molecule has 2 nitrogen and oxygen atoms in total. The largest absolute Gasteiger partial charge is 0.310 e. The van der Waals surface area contributed by atoms with Crippen LogP contribution in [0.4, 0.5) is 34.1 Å². The van der Waals surface area contributed by atoms with Gasteiger partial charge in [-0.2, -0.15) is 0 Å². The maximum absolute atomic E-state index is 2.52. The molecule has 79 heavy (non-hydrogen) atoms. The fourth-order valence-electron chi connectivity index (χ4n) is 14.3. The Bertz CT molecular complexity index is 4410. The van der Waals surface area contributed by atoms with Crippen LogP contribution in [0.25, 0.3) is 77.2 Å². The SMILES string of the molecule is CC1(C)c2ccccc2-c2ccc(-c3c4ccc(N(c5ccccc5)c5ccc6c(c5)C(C)(C)c5ccccc5-6)cc4c(-c4ccc5c(c4)C(C)(C)c4ccccc4-5)c4ccc(N(c5ccccc5)c5ccccc5)cc34)cc21. The molecule has 0 N–H and O–H groups in total. The molecule has 15 rings (SSSR count). The van der Waals surface area contributed by atoms with Crippen molar-refractivity contribution < 1.29 is 0 Å². The van der Waals surface area contributed by atoms with Gasteiger partial charge in [-0.1, -0.05) is 211 Å². The van der Waals surface area contributed by atoms with Gasteiger partial charge in [-0.15, -0.1) is 0 Å². The standard InChI is InChI=1S/C77H60N2/c1-75(2)67-31-19-16-28-57(67)60-39-34-49(44-70(60)75)73-64-43-38-55(79(53-26-14-9-15-27-53)56-36-41-62-59-30-18-21-33-69(59)77(5,6)72(62)48-56)47-66(64)74(50-35-40-61-58-29-17-20-32-68(58)76(3,4)71(61)45-50)63-42-37-54(46-65(63)73)78(51-22-10-7-11-23-51)52-24-12-8-13-25-52/h7-48H,1-6H3. The molecule has 0 spiro atoms. The van der Waals surface area contributed by atoms with Gasteiger partial charge in [-0.05, 0) is 195 Å². The highest BCUT2D eigenvalue weighted by atomic mass is 15.1. The fraction of sp³-hybridized carbons (Fsp3) is 0.117. The van der Waals surface area contributed by atoms with Crippen molar-refractivity contribution in [2.45, 2.75) is 57.8 Å². The number of benzene rings is 12. The van der Waals surface area contributed by atoms with Gasteiger partial charge in [0.05, 0.1) is 0 Å². The molecule has 12 aromatic carbocycles. The summed E-state index contributed by atoms with van der Waals surface area (Å²) in [5.41, 5.74) is 27.2. The zero-order valence-corrected chi connectivity index (χ0v) is 45.6. The Balaban J connectivity index is 1.04. The van der Waals surface area contributed by atoms with E-state index in [0.29, 0.717) is 0 Å². The minimum Gasteiger partial charge on any atom is -0.310 e. The first-order chi connectivity index (χ1) is 38.5. The summed E-state index contributed by atoms with van der Waals surface area (Å²) >= 11 is 0. The third kappa shape index (κ3) is 7.03. The second-order valence-corrected chi connectivity index (χ2v) is 23.6. The molecule has 378 valence electrons. The van der Waals surface area contributed by atoms with Crippen LogP contribution in [0.1, 0.15) is 74.9 Å². The lowest BCUT2D eigenvalue weighted by Gasteiger charge is -2.29. The second-order valence-electron chi connectivity index (χ2n) is 23.6. The molecule has 0 saturated heterocycles. The summed E-state index contributed by atoms with van der Waals surface area (Å²) in [6.45, 7) is 14.3. The van der Waals surface area contributed by atoms with E-state index < -0.39 is 0 Å². The quantitative estimate of drug-likeness (QED) is 0.140. The lowest BCUT2D eigenvalue weighted by molar-refractivity contribution is 0.660. The molecular formula is C77H60N2. The Labute approximate surface area is 464 Å². The molecule has 0 heterocycles. The zero-order chi connectivity index (χ0) is 53.4. The average molecular weight is 1010 g/mol. The number of fused-ring (bicyclic) bond motifs is 11. The van der Waals surface area contributed by atoms with Crippen molar-refractivity contribution in [2.24, 2.45) is 0 Å². The minimum atomic E-state index is -0.183. The van der Waals surface area contributed by atoms with E-state index >= 15 is 0 Å². The summed E-state index contributed by atoms with van der Waals surface area (Å²) in [5, 5.41) is 4.84. The van der Waals surface area contributed by atoms with Gasteiger partial charge in [-0.25, -0.2) is 0 Å². The van der Waals surface area contributed by atoms with E-state index in [2.05, 4.69) is 306 Å². The van der Waals surface area contributed by atoms with Gasteiger partial charge in [0, 0.05) is 50.4 Å². The molecule has 12 aromatic rings. The van der Waals surface area contributed by atoms with Gasteiger partial charge in [0.25, 0.3) is 0 Å². The molecule has 0 atom stereocenters. The normalized spacial score (nSPS) is 14.5. The fourth-order valence-corrected chi connectivity index (χ4v) is 14.3. The molecule has 0 radical (unpaired) electrons. The van der Waals surface area contributed by atoms with Crippen LogP contribution in [0.3, 0.4) is 0 Å². The van der Waals surface area contributed by atoms with E-state index in [-0.39, 0.29) is 16.2 Å². The smallest absolute Gasteiger partial charge is 0.0468 e. The van der Waals surface area contributed by atoms with Gasteiger partial charge in [0.1, 0.15) is 0 Å². The summed E-state index contributed by atoms with van der Waals surface area (Å²) in [6, 6.07) is 95.9. The van der Waals surface area contributed by atoms with Crippen molar-refractivity contribution in [3.63, 3.8) is 0 Å². The number of rotatable bonds is 8. The molecule has 3 aliphatic rings. The summed E-state index contributed by atoms with van der Waals surface area (Å²) in [5.74, 6) is 0. The molecule has 0 aliphatic heterocycles. The van der Waals surface area contributed by atoms with Crippen LogP contribution >= 0.6 is 0 Å². The number of anilines is 6. The molecule has 0 saturated carbocycles. The second kappa shape index (κ2) is 17.4. The molecule has 0 amide bonds. The van der Waals surface area contributed by atoms with Crippen LogP contribution in [-0.4, -0.2) is 0 Å². The van der Waals surface area contributed by atoms with Crippen molar-refractivity contribution in [1.82, 2.24) is 0 Å². The Morgan fingerprint density at radius 3 is 0.899 bits per heavy atom. The van der Waals surface area contributed by atoms with Crippen molar-refractivity contribution in [3.05, 3.63) is 288 Å². The van der Waals surface area contributed by atoms with Gasteiger partial charge >= 0.3 is 0 Å². The monoisotopic (exact) mass is 1010 g/mol. The number of hydrogen-bond donors (Lipinski definition) is 0. The van der Waals surface area contributed by atoms with Crippen molar-refractivity contribution >= 4 is 55.7 Å². The molecule has 0 bridgehead atoms. The van der Waals surface area contributed by atoms with E-state index in [4.69, 9.17) is 0 Å². The van der Waals surface area contributed by atoms with E-state index in [9.17, 15) is 0 Å². The van der Waals surface area contributed by atoms with Gasteiger partial charge in [0.15, 0.2) is 0 Å². The van der Waals surface area contributed by atoms with Crippen LogP contribution in [0, 0.1) is 0 Å². The van der Waals surface area contributed by atoms with E-state index in [0.717, 1.165) is 34.1 Å². The molecule has 2 heteroatoms. The molecule has 0 aromatic heterocycles. The third-order valence-electron chi connectivity index (χ3n) is 18.2. The van der Waals surface area contributed by atoms with Crippen LogP contribution in [0.2, 0.25) is 0 Å². The summed E-state index contributed by atoms with van der Waals surface area (Å²) in [4.78, 5) is 4.88. The Hall–Kier alpha value is -9.24. The van der Waals surface area contributed by atoms with Crippen LogP contribution < -0.4 is 9.80 Å². The van der Waals surface area contributed by atoms with Gasteiger partial charge in [0.2, 0.25) is 0 Å². The highest BCUT2D eigenvalue weighted by molar-refractivity contribution is 6.23. The van der Waals surface area contributed by atoms with Crippen molar-refractivity contribution in [1.29, 1.82) is 0 Å².